The van der Waals surface area contributed by atoms with E-state index in [4.69, 9.17) is 0 Å². The largest absolute Gasteiger partial charge is 0.469 e. The van der Waals surface area contributed by atoms with Crippen molar-refractivity contribution in [2.75, 3.05) is 7.11 Å². The summed E-state index contributed by atoms with van der Waals surface area (Å²) in [4.78, 5) is 11.5. The Bertz CT molecular complexity index is 1490. The molecule has 0 aliphatic rings. The van der Waals surface area contributed by atoms with E-state index in [2.05, 4.69) is 9.10 Å². The normalized spacial score (nSPS) is 10.9. The Kier molecular flexibility index (Phi) is 9.18. The zero-order valence-corrected chi connectivity index (χ0v) is 20.4. The number of benzene rings is 3. The lowest BCUT2D eigenvalue weighted by Crippen LogP contribution is -2.06. The highest BCUT2D eigenvalue weighted by molar-refractivity contribution is 7.61. The van der Waals surface area contributed by atoms with Crippen molar-refractivity contribution in [3.63, 3.8) is 0 Å². The molecule has 11 heteroatoms. The third kappa shape index (κ3) is 8.01. The molecule has 0 N–H and O–H groups in total. The monoisotopic (exact) mass is 534 g/mol. The van der Waals surface area contributed by atoms with Crippen LogP contribution in [-0.2, 0) is 39.2 Å². The number of hydrogen-bond acceptors (Lipinski definition) is 5. The zero-order chi connectivity index (χ0) is 27.0. The lowest BCUT2D eigenvalue weighted by molar-refractivity contribution is -0.141. The van der Waals surface area contributed by atoms with Gasteiger partial charge in [0.15, 0.2) is 0 Å². The predicted octanol–water partition coefficient (Wildman–Crippen LogP) is 6.33. The quantitative estimate of drug-likeness (QED) is 0.214. The number of ether oxygens (including phenoxy) is 1. The first-order valence-corrected chi connectivity index (χ1v) is 12.0. The van der Waals surface area contributed by atoms with Crippen molar-refractivity contribution in [3.8, 4) is 0 Å². The number of hydrogen-bond donors (Lipinski definition) is 0. The molecule has 0 amide bonds. The third-order valence-corrected chi connectivity index (χ3v) is 5.68. The van der Waals surface area contributed by atoms with Gasteiger partial charge in [0.25, 0.3) is 0 Å². The van der Waals surface area contributed by atoms with E-state index >= 15 is 0 Å². The minimum absolute atomic E-state index is 0.215. The molecule has 4 aromatic rings. The maximum Gasteiger partial charge on any atom is 0.416 e. The molecule has 1 heterocycles. The van der Waals surface area contributed by atoms with Gasteiger partial charge in [0.05, 0.1) is 24.8 Å². The molecule has 0 unspecified atom stereocenters. The number of fused-ring (bicyclic) bond motifs is 1. The van der Waals surface area contributed by atoms with E-state index in [0.717, 1.165) is 34.2 Å². The molecule has 0 aliphatic heterocycles. The van der Waals surface area contributed by atoms with Gasteiger partial charge in [0, 0.05) is 23.6 Å². The third-order valence-electron chi connectivity index (χ3n) is 5.32. The number of esters is 1. The lowest BCUT2D eigenvalue weighted by Gasteiger charge is -2.04. The molecule has 194 valence electrons. The molecule has 0 saturated carbocycles. The number of halogens is 4. The lowest BCUT2D eigenvalue weighted by atomic mass is 10.0. The first kappa shape index (κ1) is 27.6. The van der Waals surface area contributed by atoms with Crippen LogP contribution in [0.1, 0.15) is 23.1 Å². The van der Waals surface area contributed by atoms with Gasteiger partial charge in [-0.1, -0.05) is 42.5 Å². The van der Waals surface area contributed by atoms with E-state index in [1.165, 1.54) is 31.4 Å². The van der Waals surface area contributed by atoms with Crippen molar-refractivity contribution < 1.29 is 35.5 Å². The van der Waals surface area contributed by atoms with Gasteiger partial charge in [-0.25, -0.2) is 4.39 Å². The molecule has 4 rings (SSSR count). The van der Waals surface area contributed by atoms with Crippen molar-refractivity contribution in [2.45, 2.75) is 25.6 Å². The van der Waals surface area contributed by atoms with Gasteiger partial charge in [0.2, 0.25) is 0 Å². The zero-order valence-electron chi connectivity index (χ0n) is 19.6. The molecule has 0 fully saturated rings. The molecule has 37 heavy (non-hydrogen) atoms. The fraction of sp³-hybridized carbons (Fsp3) is 0.192. The number of carbonyl (C=O) groups excluding carboxylic acids is 1. The van der Waals surface area contributed by atoms with Crippen molar-refractivity contribution >= 4 is 33.1 Å². The van der Waals surface area contributed by atoms with Gasteiger partial charge < -0.3 is 9.30 Å². The van der Waals surface area contributed by atoms with Crippen molar-refractivity contribution in [2.24, 2.45) is 4.36 Å². The number of methoxy groups -OCH3 is 1. The van der Waals surface area contributed by atoms with E-state index < -0.39 is 22.2 Å². The van der Waals surface area contributed by atoms with Crippen LogP contribution >= 0.6 is 0 Å². The van der Waals surface area contributed by atoms with Gasteiger partial charge >= 0.3 is 22.6 Å². The first-order valence-electron chi connectivity index (χ1n) is 10.9. The van der Waals surface area contributed by atoms with Gasteiger partial charge in [-0.05, 0) is 47.9 Å². The van der Waals surface area contributed by atoms with E-state index in [1.807, 2.05) is 10.8 Å². The number of aryl methyl sites for hydroxylation is 1. The molecule has 0 bridgehead atoms. The fourth-order valence-corrected chi connectivity index (χ4v) is 3.88. The van der Waals surface area contributed by atoms with E-state index in [0.29, 0.717) is 18.7 Å². The van der Waals surface area contributed by atoms with Crippen molar-refractivity contribution in [1.29, 1.82) is 0 Å². The first-order chi connectivity index (χ1) is 17.6. The summed E-state index contributed by atoms with van der Waals surface area (Å²) in [5.74, 6) is -0.622. The Labute approximate surface area is 211 Å². The van der Waals surface area contributed by atoms with Crippen LogP contribution in [0.2, 0.25) is 0 Å². The smallest absolute Gasteiger partial charge is 0.416 e. The average molecular weight is 535 g/mol. The molecule has 0 atom stereocenters. The summed E-state index contributed by atoms with van der Waals surface area (Å²) in [5.41, 5.74) is 2.41. The van der Waals surface area contributed by atoms with Crippen LogP contribution in [0.4, 0.5) is 23.2 Å². The molecular weight excluding hydrogens is 512 g/mol. The maximum atomic E-state index is 13.1. The molecule has 0 aliphatic carbocycles. The van der Waals surface area contributed by atoms with Crippen LogP contribution < -0.4 is 0 Å². The number of rotatable bonds is 6. The molecule has 0 spiro atoms. The predicted molar refractivity (Wildman–Crippen MR) is 130 cm³/mol. The summed E-state index contributed by atoms with van der Waals surface area (Å²) in [7, 11) is -1.21. The minimum atomic E-state index is -4.21. The highest BCUT2D eigenvalue weighted by Crippen LogP contribution is 2.29. The summed E-state index contributed by atoms with van der Waals surface area (Å²) in [6, 6.07) is 17.6. The van der Waals surface area contributed by atoms with Gasteiger partial charge in [-0.15, -0.1) is 4.36 Å². The van der Waals surface area contributed by atoms with E-state index in [1.54, 1.807) is 36.4 Å². The number of carbonyl (C=O) groups is 1. The van der Waals surface area contributed by atoms with E-state index in [-0.39, 0.29) is 18.2 Å². The Morgan fingerprint density at radius 2 is 1.68 bits per heavy atom. The van der Waals surface area contributed by atoms with Gasteiger partial charge in [-0.3, -0.25) is 4.79 Å². The second kappa shape index (κ2) is 12.3. The Hall–Kier alpha value is -3.99. The topological polar surface area (TPSA) is 77.7 Å². The molecule has 0 saturated heterocycles. The van der Waals surface area contributed by atoms with Crippen LogP contribution in [0.15, 0.2) is 83.4 Å². The highest BCUT2D eigenvalue weighted by atomic mass is 32.2. The second-order valence-corrected chi connectivity index (χ2v) is 8.47. The van der Waals surface area contributed by atoms with Gasteiger partial charge in [-0.2, -0.15) is 21.6 Å². The van der Waals surface area contributed by atoms with Crippen LogP contribution in [0.3, 0.4) is 0 Å². The molecule has 1 aromatic heterocycles. The SMILES string of the molecule is COC(=O)CCn1cc(Cc2ccc(F)cc2)c2cc(N=S(=O)=O)ccc21.FC(F)(F)c1ccccc1. The number of aromatic nitrogens is 1. The molecule has 3 aromatic carbocycles. The van der Waals surface area contributed by atoms with Crippen LogP contribution in [-0.4, -0.2) is 26.1 Å². The van der Waals surface area contributed by atoms with Crippen LogP contribution in [0.25, 0.3) is 10.9 Å². The summed E-state index contributed by atoms with van der Waals surface area (Å²) >= 11 is 0. The fourth-order valence-electron chi connectivity index (χ4n) is 3.59. The number of nitrogens with zero attached hydrogens (tertiary/aromatic N) is 2. The maximum absolute atomic E-state index is 13.1. The molecule has 0 radical (unpaired) electrons. The summed E-state index contributed by atoms with van der Waals surface area (Å²) in [5, 5.41) is 0.830. The average Bonchev–Trinajstić information content (AvgIpc) is 3.20. The summed E-state index contributed by atoms with van der Waals surface area (Å²) in [6.45, 7) is 0.427. The standard InChI is InChI=1S/C19H17FN2O4S.C7H5F3/c1-26-19(23)8-9-22-12-14(10-13-2-4-15(20)5-3-13)17-11-16(21-27(24)25)6-7-18(17)22;8-7(9,10)6-4-2-1-3-5-6/h2-7,11-12H,8-10H2,1H3;1-5H. The minimum Gasteiger partial charge on any atom is -0.469 e. The molecule has 6 nitrogen and oxygen atoms in total. The van der Waals surface area contributed by atoms with E-state index in [9.17, 15) is 30.8 Å². The second-order valence-electron chi connectivity index (χ2n) is 7.85. The Morgan fingerprint density at radius 3 is 2.24 bits per heavy atom. The Balaban J connectivity index is 0.000000319. The Morgan fingerprint density at radius 1 is 1.00 bits per heavy atom. The summed E-state index contributed by atoms with van der Waals surface area (Å²) in [6.07, 6.45) is -1.55. The van der Waals surface area contributed by atoms with Crippen LogP contribution in [0, 0.1) is 5.82 Å². The van der Waals surface area contributed by atoms with Crippen molar-refractivity contribution in [3.05, 3.63) is 102 Å². The van der Waals surface area contributed by atoms with Gasteiger partial charge in [0.1, 0.15) is 5.82 Å². The van der Waals surface area contributed by atoms with Crippen molar-refractivity contribution in [1.82, 2.24) is 4.57 Å². The summed E-state index contributed by atoms with van der Waals surface area (Å²) < 4.78 is 80.4. The highest BCUT2D eigenvalue weighted by Gasteiger charge is 2.29. The number of alkyl halides is 3. The van der Waals surface area contributed by atoms with Crippen LogP contribution in [0.5, 0.6) is 0 Å². The molecular formula is C26H22F4N2O4S.